The van der Waals surface area contributed by atoms with Crippen LogP contribution in [0.1, 0.15) is 28.0 Å². The number of halogens is 2. The lowest BCUT2D eigenvalue weighted by Crippen LogP contribution is -2.35. The smallest absolute Gasteiger partial charge is 0.270 e. The summed E-state index contributed by atoms with van der Waals surface area (Å²) in [5, 5.41) is 5.44. The second-order valence-electron chi connectivity index (χ2n) is 4.95. The van der Waals surface area contributed by atoms with E-state index in [1.54, 1.807) is 5.38 Å². The molecule has 5 nitrogen and oxygen atoms in total. The van der Waals surface area contributed by atoms with Gasteiger partial charge in [0, 0.05) is 37.2 Å². The molecule has 0 unspecified atom stereocenters. The summed E-state index contributed by atoms with van der Waals surface area (Å²) in [5.74, 6) is -0.142. The topological polar surface area (TPSA) is 71.2 Å². The first kappa shape index (κ1) is 22.7. The summed E-state index contributed by atoms with van der Waals surface area (Å²) in [6.45, 7) is 6.82. The van der Waals surface area contributed by atoms with Gasteiger partial charge in [0.2, 0.25) is 0 Å². The third-order valence-corrected chi connectivity index (χ3v) is 4.34. The number of rotatable bonds is 7. The molecular weight excluding hydrogens is 367 g/mol. The first-order valence-corrected chi connectivity index (χ1v) is 8.27. The minimum absolute atomic E-state index is 0. The third kappa shape index (κ3) is 5.94. The van der Waals surface area contributed by atoms with Crippen LogP contribution in [0.4, 0.5) is 5.69 Å². The quantitative estimate of drug-likeness (QED) is 0.761. The standard InChI is InChI=1S/C16H22N4OS.2ClH/c1-3-20(14-7-5-4-6-12(14)2)9-8-18-16(21)13-11-22-15(10-17)19-13;;/h4-7,11H,3,8-10,17H2,1-2H3,(H,18,21);2*1H. The summed E-state index contributed by atoms with van der Waals surface area (Å²) >= 11 is 1.41. The normalized spacial score (nSPS) is 9.62. The molecule has 1 aromatic carbocycles. The molecule has 3 N–H and O–H groups in total. The molecule has 8 heteroatoms. The van der Waals surface area contributed by atoms with Crippen LogP contribution in [0, 0.1) is 6.92 Å². The number of amides is 1. The van der Waals surface area contributed by atoms with Gasteiger partial charge < -0.3 is 16.0 Å². The molecule has 134 valence electrons. The molecule has 1 heterocycles. The van der Waals surface area contributed by atoms with Gasteiger partial charge in [-0.1, -0.05) is 18.2 Å². The molecule has 0 aliphatic carbocycles. The van der Waals surface area contributed by atoms with Crippen LogP contribution in [0.25, 0.3) is 0 Å². The minimum atomic E-state index is -0.142. The lowest BCUT2D eigenvalue weighted by atomic mass is 10.2. The maximum absolute atomic E-state index is 12.0. The summed E-state index contributed by atoms with van der Waals surface area (Å²) < 4.78 is 0. The van der Waals surface area contributed by atoms with Crippen molar-refractivity contribution < 1.29 is 4.79 Å². The minimum Gasteiger partial charge on any atom is -0.370 e. The Labute approximate surface area is 159 Å². The van der Waals surface area contributed by atoms with Crippen molar-refractivity contribution in [1.82, 2.24) is 10.3 Å². The van der Waals surface area contributed by atoms with Gasteiger partial charge in [0.25, 0.3) is 5.91 Å². The van der Waals surface area contributed by atoms with Crippen LogP contribution in [0.2, 0.25) is 0 Å². The van der Waals surface area contributed by atoms with Crippen LogP contribution in [0.15, 0.2) is 29.6 Å². The highest BCUT2D eigenvalue weighted by molar-refractivity contribution is 7.09. The molecule has 0 bridgehead atoms. The van der Waals surface area contributed by atoms with Gasteiger partial charge in [0.15, 0.2) is 0 Å². The Bertz CT molecular complexity index is 636. The SMILES string of the molecule is CCN(CCNC(=O)c1csc(CN)n1)c1ccccc1C.Cl.Cl. The van der Waals surface area contributed by atoms with Crippen molar-refractivity contribution in [2.75, 3.05) is 24.5 Å². The molecule has 0 saturated carbocycles. The Morgan fingerprint density at radius 1 is 1.33 bits per heavy atom. The maximum atomic E-state index is 12.0. The van der Waals surface area contributed by atoms with Gasteiger partial charge in [-0.25, -0.2) is 4.98 Å². The van der Waals surface area contributed by atoms with E-state index < -0.39 is 0 Å². The molecule has 0 saturated heterocycles. The molecule has 0 fully saturated rings. The van der Waals surface area contributed by atoms with Crippen molar-refractivity contribution in [3.05, 3.63) is 45.9 Å². The summed E-state index contributed by atoms with van der Waals surface area (Å²) in [6, 6.07) is 8.27. The average Bonchev–Trinajstić information content (AvgIpc) is 3.01. The monoisotopic (exact) mass is 390 g/mol. The summed E-state index contributed by atoms with van der Waals surface area (Å²) in [7, 11) is 0. The molecule has 24 heavy (non-hydrogen) atoms. The summed E-state index contributed by atoms with van der Waals surface area (Å²) in [6.07, 6.45) is 0. The van der Waals surface area contributed by atoms with Gasteiger partial charge in [-0.3, -0.25) is 4.79 Å². The zero-order chi connectivity index (χ0) is 15.9. The van der Waals surface area contributed by atoms with Gasteiger partial charge in [-0.15, -0.1) is 36.2 Å². The molecule has 0 atom stereocenters. The number of para-hydroxylation sites is 1. The number of aryl methyl sites for hydroxylation is 1. The number of nitrogens with zero attached hydrogens (tertiary/aromatic N) is 2. The Kier molecular flexibility index (Phi) is 10.6. The van der Waals surface area contributed by atoms with Crippen LogP contribution < -0.4 is 16.0 Å². The van der Waals surface area contributed by atoms with Crippen LogP contribution in [-0.4, -0.2) is 30.5 Å². The van der Waals surface area contributed by atoms with Gasteiger partial charge in [0.05, 0.1) is 0 Å². The van der Waals surface area contributed by atoms with Gasteiger partial charge in [0.1, 0.15) is 10.7 Å². The summed E-state index contributed by atoms with van der Waals surface area (Å²) in [5.41, 5.74) is 8.40. The van der Waals surface area contributed by atoms with Crippen molar-refractivity contribution in [1.29, 1.82) is 0 Å². The molecule has 2 aromatic rings. The maximum Gasteiger partial charge on any atom is 0.270 e. The number of hydrogen-bond donors (Lipinski definition) is 2. The zero-order valence-corrected chi connectivity index (χ0v) is 16.3. The molecule has 1 amide bonds. The van der Waals surface area contributed by atoms with E-state index >= 15 is 0 Å². The van der Waals surface area contributed by atoms with Crippen LogP contribution in [0.5, 0.6) is 0 Å². The Hall–Kier alpha value is -1.34. The Balaban J connectivity index is 0.00000264. The molecule has 0 radical (unpaired) electrons. The fourth-order valence-corrected chi connectivity index (χ4v) is 2.93. The van der Waals surface area contributed by atoms with Gasteiger partial charge in [-0.2, -0.15) is 0 Å². The Morgan fingerprint density at radius 3 is 2.62 bits per heavy atom. The highest BCUT2D eigenvalue weighted by Crippen LogP contribution is 2.18. The van der Waals surface area contributed by atoms with E-state index in [1.165, 1.54) is 22.6 Å². The molecular formula is C16H24Cl2N4OS. The fraction of sp³-hybridized carbons (Fsp3) is 0.375. The largest absolute Gasteiger partial charge is 0.370 e. The van der Waals surface area contributed by atoms with Crippen molar-refractivity contribution in [3.63, 3.8) is 0 Å². The third-order valence-electron chi connectivity index (χ3n) is 3.46. The van der Waals surface area contributed by atoms with Crippen LogP contribution >= 0.6 is 36.2 Å². The number of hydrogen-bond acceptors (Lipinski definition) is 5. The number of benzene rings is 1. The number of likely N-dealkylation sites (N-methyl/N-ethyl adjacent to an activating group) is 1. The molecule has 2 rings (SSSR count). The van der Waals surface area contributed by atoms with E-state index in [2.05, 4.69) is 41.2 Å². The molecule has 0 spiro atoms. The number of aromatic nitrogens is 1. The number of thiazole rings is 1. The lowest BCUT2D eigenvalue weighted by Gasteiger charge is -2.25. The second-order valence-corrected chi connectivity index (χ2v) is 5.90. The summed E-state index contributed by atoms with van der Waals surface area (Å²) in [4.78, 5) is 18.5. The van der Waals surface area contributed by atoms with E-state index in [0.29, 0.717) is 18.8 Å². The van der Waals surface area contributed by atoms with Crippen molar-refractivity contribution in [2.45, 2.75) is 20.4 Å². The molecule has 0 aliphatic heterocycles. The number of anilines is 1. The lowest BCUT2D eigenvalue weighted by molar-refractivity contribution is 0.0950. The average molecular weight is 391 g/mol. The molecule has 0 aliphatic rings. The van der Waals surface area contributed by atoms with E-state index in [-0.39, 0.29) is 30.7 Å². The van der Waals surface area contributed by atoms with E-state index in [1.807, 2.05) is 12.1 Å². The highest BCUT2D eigenvalue weighted by Gasteiger charge is 2.11. The predicted octanol–water partition coefficient (Wildman–Crippen LogP) is 3.01. The van der Waals surface area contributed by atoms with Crippen LogP contribution in [0.3, 0.4) is 0 Å². The van der Waals surface area contributed by atoms with E-state index in [9.17, 15) is 4.79 Å². The highest BCUT2D eigenvalue weighted by atomic mass is 35.5. The first-order valence-electron chi connectivity index (χ1n) is 7.39. The molecule has 1 aromatic heterocycles. The van der Waals surface area contributed by atoms with Crippen molar-refractivity contribution in [2.24, 2.45) is 5.73 Å². The van der Waals surface area contributed by atoms with Crippen molar-refractivity contribution >= 4 is 47.7 Å². The number of carbonyl (C=O) groups excluding carboxylic acids is 1. The second kappa shape index (κ2) is 11.3. The number of carbonyl (C=O) groups is 1. The number of nitrogens with one attached hydrogen (secondary N) is 1. The van der Waals surface area contributed by atoms with E-state index in [4.69, 9.17) is 5.73 Å². The number of nitrogens with two attached hydrogens (primary N) is 1. The van der Waals surface area contributed by atoms with Crippen molar-refractivity contribution in [3.8, 4) is 0 Å². The fourth-order valence-electron chi connectivity index (χ4n) is 2.27. The predicted molar refractivity (Wildman–Crippen MR) is 106 cm³/mol. The van der Waals surface area contributed by atoms with Gasteiger partial charge >= 0.3 is 0 Å². The van der Waals surface area contributed by atoms with Gasteiger partial charge in [-0.05, 0) is 25.5 Å². The zero-order valence-electron chi connectivity index (χ0n) is 13.8. The Morgan fingerprint density at radius 2 is 2.04 bits per heavy atom. The van der Waals surface area contributed by atoms with Crippen LogP contribution in [-0.2, 0) is 6.54 Å². The first-order chi connectivity index (χ1) is 10.7. The van der Waals surface area contributed by atoms with E-state index in [0.717, 1.165) is 18.1 Å².